The first-order chi connectivity index (χ1) is 9.34. The molecule has 0 aliphatic carbocycles. The van der Waals surface area contributed by atoms with Crippen LogP contribution in [0.5, 0.6) is 0 Å². The molecule has 0 saturated carbocycles. The standard InChI is InChI=1S/C15H24N4O/c1-5-19-13(12(16)10-17-19)14(20)18-8-6-11(7-9-18)15(2,3)4/h6,10H,5,7-9,16H2,1-4H3. The molecule has 5 heteroatoms. The Hall–Kier alpha value is -1.78. The molecule has 2 rings (SSSR count). The van der Waals surface area contributed by atoms with Crippen LogP contribution in [-0.4, -0.2) is 33.7 Å². The van der Waals surface area contributed by atoms with Gasteiger partial charge in [0.1, 0.15) is 5.69 Å². The van der Waals surface area contributed by atoms with Crippen LogP contribution in [0.15, 0.2) is 17.8 Å². The largest absolute Gasteiger partial charge is 0.396 e. The van der Waals surface area contributed by atoms with Crippen molar-refractivity contribution in [3.05, 3.63) is 23.5 Å². The number of anilines is 1. The Bertz CT molecular complexity index is 537. The van der Waals surface area contributed by atoms with Crippen LogP contribution in [0.1, 0.15) is 44.6 Å². The summed E-state index contributed by atoms with van der Waals surface area (Å²) >= 11 is 0. The predicted molar refractivity (Wildman–Crippen MR) is 80.4 cm³/mol. The molecule has 0 radical (unpaired) electrons. The summed E-state index contributed by atoms with van der Waals surface area (Å²) in [5.41, 5.74) is 8.44. The van der Waals surface area contributed by atoms with Crippen LogP contribution in [0.2, 0.25) is 0 Å². The number of rotatable bonds is 2. The highest BCUT2D eigenvalue weighted by molar-refractivity contribution is 5.97. The molecule has 1 aromatic rings. The van der Waals surface area contributed by atoms with Crippen molar-refractivity contribution in [3.8, 4) is 0 Å². The molecule has 0 spiro atoms. The zero-order valence-electron chi connectivity index (χ0n) is 12.8. The van der Waals surface area contributed by atoms with Crippen molar-refractivity contribution in [2.75, 3.05) is 18.8 Å². The lowest BCUT2D eigenvalue weighted by Gasteiger charge is -2.32. The van der Waals surface area contributed by atoms with Gasteiger partial charge in [-0.3, -0.25) is 9.48 Å². The number of aromatic nitrogens is 2. The van der Waals surface area contributed by atoms with Gasteiger partial charge >= 0.3 is 0 Å². The molecule has 0 aromatic carbocycles. The van der Waals surface area contributed by atoms with Gasteiger partial charge in [0.15, 0.2) is 0 Å². The van der Waals surface area contributed by atoms with Gasteiger partial charge in [0.05, 0.1) is 11.9 Å². The van der Waals surface area contributed by atoms with Gasteiger partial charge in [-0.05, 0) is 18.8 Å². The Morgan fingerprint density at radius 2 is 2.15 bits per heavy atom. The molecule has 0 saturated heterocycles. The average molecular weight is 276 g/mol. The number of amides is 1. The Kier molecular flexibility index (Phi) is 3.88. The highest BCUT2D eigenvalue weighted by Crippen LogP contribution is 2.30. The highest BCUT2D eigenvalue weighted by Gasteiger charge is 2.26. The minimum atomic E-state index is -0.0222. The topological polar surface area (TPSA) is 64.2 Å². The van der Waals surface area contributed by atoms with Gasteiger partial charge in [-0.2, -0.15) is 5.10 Å². The normalized spacial score (nSPS) is 16.2. The number of carbonyl (C=O) groups is 1. The zero-order chi connectivity index (χ0) is 14.9. The molecule has 1 aliphatic heterocycles. The van der Waals surface area contributed by atoms with Crippen LogP contribution in [0.25, 0.3) is 0 Å². The van der Waals surface area contributed by atoms with E-state index in [0.29, 0.717) is 24.5 Å². The molecule has 20 heavy (non-hydrogen) atoms. The number of hydrogen-bond donors (Lipinski definition) is 1. The number of nitrogens with two attached hydrogens (primary N) is 1. The Balaban J connectivity index is 2.17. The van der Waals surface area contributed by atoms with Crippen molar-refractivity contribution in [2.45, 2.75) is 40.7 Å². The van der Waals surface area contributed by atoms with Crippen LogP contribution < -0.4 is 5.73 Å². The van der Waals surface area contributed by atoms with E-state index in [-0.39, 0.29) is 11.3 Å². The second-order valence-corrected chi connectivity index (χ2v) is 6.24. The molecule has 2 N–H and O–H groups in total. The molecular weight excluding hydrogens is 252 g/mol. The molecule has 1 aromatic heterocycles. The van der Waals surface area contributed by atoms with Gasteiger partial charge in [0.2, 0.25) is 0 Å². The van der Waals surface area contributed by atoms with Gasteiger partial charge in [0.25, 0.3) is 5.91 Å². The molecule has 0 fully saturated rings. The van der Waals surface area contributed by atoms with E-state index in [4.69, 9.17) is 5.73 Å². The summed E-state index contributed by atoms with van der Waals surface area (Å²) in [4.78, 5) is 14.4. The molecular formula is C15H24N4O. The van der Waals surface area contributed by atoms with Crippen LogP contribution in [0, 0.1) is 5.41 Å². The SMILES string of the molecule is CCn1ncc(N)c1C(=O)N1CC=C(C(C)(C)C)CC1. The van der Waals surface area contributed by atoms with Crippen LogP contribution >= 0.6 is 0 Å². The Morgan fingerprint density at radius 1 is 1.45 bits per heavy atom. The maximum absolute atomic E-state index is 12.6. The van der Waals surface area contributed by atoms with E-state index in [1.54, 1.807) is 10.9 Å². The van der Waals surface area contributed by atoms with E-state index in [2.05, 4.69) is 31.9 Å². The molecule has 1 aliphatic rings. The smallest absolute Gasteiger partial charge is 0.274 e. The lowest BCUT2D eigenvalue weighted by Crippen LogP contribution is -2.37. The molecule has 0 bridgehead atoms. The van der Waals surface area contributed by atoms with E-state index < -0.39 is 0 Å². The Labute approximate surface area is 120 Å². The van der Waals surface area contributed by atoms with E-state index in [9.17, 15) is 4.79 Å². The van der Waals surface area contributed by atoms with Crippen molar-refractivity contribution in [2.24, 2.45) is 5.41 Å². The average Bonchev–Trinajstić information content (AvgIpc) is 2.78. The monoisotopic (exact) mass is 276 g/mol. The molecule has 0 atom stereocenters. The van der Waals surface area contributed by atoms with Gasteiger partial charge in [-0.15, -0.1) is 0 Å². The van der Waals surface area contributed by atoms with E-state index in [0.717, 1.165) is 13.0 Å². The Morgan fingerprint density at radius 3 is 2.65 bits per heavy atom. The van der Waals surface area contributed by atoms with E-state index in [1.165, 1.54) is 5.57 Å². The number of nitrogens with zero attached hydrogens (tertiary/aromatic N) is 3. The third kappa shape index (κ3) is 2.71. The fraction of sp³-hybridized carbons (Fsp3) is 0.600. The lowest BCUT2D eigenvalue weighted by atomic mass is 9.83. The fourth-order valence-corrected chi connectivity index (χ4v) is 2.56. The van der Waals surface area contributed by atoms with Crippen molar-refractivity contribution < 1.29 is 4.79 Å². The van der Waals surface area contributed by atoms with Gasteiger partial charge < -0.3 is 10.6 Å². The maximum atomic E-state index is 12.6. The van der Waals surface area contributed by atoms with Gasteiger partial charge in [-0.25, -0.2) is 0 Å². The summed E-state index contributed by atoms with van der Waals surface area (Å²) in [5, 5.41) is 4.13. The number of hydrogen-bond acceptors (Lipinski definition) is 3. The predicted octanol–water partition coefficient (Wildman–Crippen LogP) is 2.30. The fourth-order valence-electron chi connectivity index (χ4n) is 2.56. The molecule has 110 valence electrons. The molecule has 2 heterocycles. The summed E-state index contributed by atoms with van der Waals surface area (Å²) < 4.78 is 1.67. The number of carbonyl (C=O) groups excluding carboxylic acids is 1. The first-order valence-electron chi connectivity index (χ1n) is 7.14. The highest BCUT2D eigenvalue weighted by atomic mass is 16.2. The number of aryl methyl sites for hydroxylation is 1. The second kappa shape index (κ2) is 5.31. The minimum absolute atomic E-state index is 0.0222. The second-order valence-electron chi connectivity index (χ2n) is 6.24. The summed E-state index contributed by atoms with van der Waals surface area (Å²) in [6.07, 6.45) is 4.65. The van der Waals surface area contributed by atoms with Crippen molar-refractivity contribution >= 4 is 11.6 Å². The summed E-state index contributed by atoms with van der Waals surface area (Å²) in [5.74, 6) is -0.0222. The molecule has 1 amide bonds. The molecule has 5 nitrogen and oxygen atoms in total. The lowest BCUT2D eigenvalue weighted by molar-refractivity contribution is 0.0753. The first-order valence-corrected chi connectivity index (χ1v) is 7.14. The summed E-state index contributed by atoms with van der Waals surface area (Å²) in [6.45, 7) is 10.6. The van der Waals surface area contributed by atoms with Gasteiger partial charge in [0, 0.05) is 19.6 Å². The van der Waals surface area contributed by atoms with Crippen LogP contribution in [0.3, 0.4) is 0 Å². The van der Waals surface area contributed by atoms with Crippen molar-refractivity contribution in [3.63, 3.8) is 0 Å². The summed E-state index contributed by atoms with van der Waals surface area (Å²) in [6, 6.07) is 0. The first kappa shape index (κ1) is 14.6. The van der Waals surface area contributed by atoms with Crippen molar-refractivity contribution in [1.82, 2.24) is 14.7 Å². The minimum Gasteiger partial charge on any atom is -0.396 e. The molecule has 0 unspecified atom stereocenters. The van der Waals surface area contributed by atoms with E-state index in [1.807, 2.05) is 11.8 Å². The number of nitrogen functional groups attached to an aromatic ring is 1. The van der Waals surface area contributed by atoms with E-state index >= 15 is 0 Å². The van der Waals surface area contributed by atoms with Crippen LogP contribution in [-0.2, 0) is 6.54 Å². The van der Waals surface area contributed by atoms with Gasteiger partial charge in [-0.1, -0.05) is 32.4 Å². The zero-order valence-corrected chi connectivity index (χ0v) is 12.8. The quantitative estimate of drug-likeness (QED) is 0.843. The van der Waals surface area contributed by atoms with Crippen molar-refractivity contribution in [1.29, 1.82) is 0 Å². The van der Waals surface area contributed by atoms with Crippen LogP contribution in [0.4, 0.5) is 5.69 Å². The summed E-state index contributed by atoms with van der Waals surface area (Å²) in [7, 11) is 0. The third-order valence-corrected chi connectivity index (χ3v) is 3.83. The third-order valence-electron chi connectivity index (χ3n) is 3.83. The maximum Gasteiger partial charge on any atom is 0.274 e.